The Balaban J connectivity index is 2.29. The molecule has 0 atom stereocenters. The maximum Gasteiger partial charge on any atom is 0.274 e. The van der Waals surface area contributed by atoms with Crippen LogP contribution in [0.3, 0.4) is 0 Å². The number of amides is 1. The Labute approximate surface area is 101 Å². The second kappa shape index (κ2) is 4.54. The highest BCUT2D eigenvalue weighted by Gasteiger charge is 2.07. The molecule has 2 aromatic heterocycles. The highest BCUT2D eigenvalue weighted by molar-refractivity contribution is 6.27. The van der Waals surface area contributed by atoms with Gasteiger partial charge in [0, 0.05) is 11.8 Å². The van der Waals surface area contributed by atoms with E-state index in [0.29, 0.717) is 11.5 Å². The topological polar surface area (TPSA) is 92.2 Å². The third-order valence-electron chi connectivity index (χ3n) is 2.08. The molecule has 0 aliphatic heterocycles. The Morgan fingerprint density at radius 1 is 1.59 bits per heavy atom. The van der Waals surface area contributed by atoms with Gasteiger partial charge in [-0.3, -0.25) is 14.7 Å². The summed E-state index contributed by atoms with van der Waals surface area (Å²) in [5, 5.41) is 5.28. The van der Waals surface area contributed by atoms with Gasteiger partial charge in [-0.1, -0.05) is 0 Å². The van der Waals surface area contributed by atoms with Gasteiger partial charge in [0.25, 0.3) is 11.3 Å². The molecule has 1 amide bonds. The standard InChI is InChI=1S/C9H10ClN5O2/c1-5-2-8(17)15-9(12-5)13-6(14-15)4-11-7(16)3-10/h2H,3-4H2,1H3,(H,11,16)(H,12,13,14). The van der Waals surface area contributed by atoms with Crippen molar-refractivity contribution < 1.29 is 4.79 Å². The lowest BCUT2D eigenvalue weighted by atomic mass is 10.5. The minimum absolute atomic E-state index is 0.114. The number of hydrogen-bond acceptors (Lipinski definition) is 4. The van der Waals surface area contributed by atoms with Crippen molar-refractivity contribution in [3.63, 3.8) is 0 Å². The lowest BCUT2D eigenvalue weighted by molar-refractivity contribution is -0.118. The van der Waals surface area contributed by atoms with Crippen LogP contribution in [0.5, 0.6) is 0 Å². The summed E-state index contributed by atoms with van der Waals surface area (Å²) in [5.74, 6) is 0.310. The van der Waals surface area contributed by atoms with Crippen molar-refractivity contribution >= 4 is 23.3 Å². The first kappa shape index (κ1) is 11.6. The number of aromatic nitrogens is 4. The van der Waals surface area contributed by atoms with Crippen molar-refractivity contribution in [3.05, 3.63) is 27.9 Å². The summed E-state index contributed by atoms with van der Waals surface area (Å²) in [6.07, 6.45) is 0. The molecule has 0 aliphatic rings. The fourth-order valence-corrected chi connectivity index (χ4v) is 1.44. The molecule has 8 heteroatoms. The number of nitrogens with one attached hydrogen (secondary N) is 2. The molecule has 0 bridgehead atoms. The molecule has 0 fully saturated rings. The van der Waals surface area contributed by atoms with Gasteiger partial charge >= 0.3 is 0 Å². The van der Waals surface area contributed by atoms with Gasteiger partial charge in [0.1, 0.15) is 11.7 Å². The van der Waals surface area contributed by atoms with E-state index in [9.17, 15) is 9.59 Å². The highest BCUT2D eigenvalue weighted by Crippen LogP contribution is 1.96. The van der Waals surface area contributed by atoms with E-state index in [0.717, 1.165) is 0 Å². The van der Waals surface area contributed by atoms with Gasteiger partial charge in [-0.25, -0.2) is 4.98 Å². The molecule has 0 radical (unpaired) electrons. The van der Waals surface area contributed by atoms with E-state index in [1.165, 1.54) is 10.6 Å². The average molecular weight is 256 g/mol. The Bertz CT molecular complexity index is 617. The van der Waals surface area contributed by atoms with E-state index in [4.69, 9.17) is 11.6 Å². The number of aryl methyl sites for hydroxylation is 1. The van der Waals surface area contributed by atoms with Crippen LogP contribution in [-0.2, 0) is 11.3 Å². The Morgan fingerprint density at radius 3 is 3.06 bits per heavy atom. The molecule has 7 nitrogen and oxygen atoms in total. The zero-order valence-electron chi connectivity index (χ0n) is 9.03. The van der Waals surface area contributed by atoms with Crippen LogP contribution in [-0.4, -0.2) is 31.4 Å². The maximum atomic E-state index is 11.6. The van der Waals surface area contributed by atoms with Crippen LogP contribution in [0.25, 0.3) is 5.78 Å². The van der Waals surface area contributed by atoms with Crippen molar-refractivity contribution in [2.75, 3.05) is 5.88 Å². The van der Waals surface area contributed by atoms with E-state index in [2.05, 4.69) is 20.4 Å². The second-order valence-corrected chi connectivity index (χ2v) is 3.72. The van der Waals surface area contributed by atoms with Crippen molar-refractivity contribution in [1.29, 1.82) is 0 Å². The maximum absolute atomic E-state index is 11.6. The van der Waals surface area contributed by atoms with Gasteiger partial charge in [-0.05, 0) is 6.92 Å². The predicted octanol–water partition coefficient (Wildman–Crippen LogP) is -0.419. The van der Waals surface area contributed by atoms with Crippen LogP contribution in [0.1, 0.15) is 11.5 Å². The summed E-state index contributed by atoms with van der Waals surface area (Å²) in [4.78, 5) is 30.7. The second-order valence-electron chi connectivity index (χ2n) is 3.45. The highest BCUT2D eigenvalue weighted by atomic mass is 35.5. The molecule has 0 aliphatic carbocycles. The van der Waals surface area contributed by atoms with Gasteiger partial charge in [-0.2, -0.15) is 9.50 Å². The van der Waals surface area contributed by atoms with Gasteiger partial charge in [-0.15, -0.1) is 11.6 Å². The quantitative estimate of drug-likeness (QED) is 0.729. The minimum Gasteiger partial charge on any atom is -0.348 e. The first-order valence-electron chi connectivity index (χ1n) is 4.88. The number of carbonyl (C=O) groups excluding carboxylic acids is 1. The van der Waals surface area contributed by atoms with Gasteiger partial charge in [0.15, 0.2) is 0 Å². The van der Waals surface area contributed by atoms with Crippen LogP contribution >= 0.6 is 11.6 Å². The Kier molecular flexibility index (Phi) is 3.10. The molecule has 2 heterocycles. The first-order valence-corrected chi connectivity index (χ1v) is 5.41. The fraction of sp³-hybridized carbons (Fsp3) is 0.333. The molecule has 17 heavy (non-hydrogen) atoms. The van der Waals surface area contributed by atoms with Crippen LogP contribution in [0.15, 0.2) is 10.9 Å². The molecule has 0 spiro atoms. The number of alkyl halides is 1. The molecule has 0 aromatic carbocycles. The average Bonchev–Trinajstić information content (AvgIpc) is 2.69. The summed E-state index contributed by atoms with van der Waals surface area (Å²) in [6.45, 7) is 1.89. The summed E-state index contributed by atoms with van der Waals surface area (Å²) in [6, 6.07) is 1.40. The van der Waals surface area contributed by atoms with Gasteiger partial charge in [0.2, 0.25) is 5.91 Å². The molecule has 90 valence electrons. The number of nitrogens with zero attached hydrogens (tertiary/aromatic N) is 3. The number of halogens is 1. The SMILES string of the molecule is Cc1cc(=O)n2[nH]c(CNC(=O)CCl)nc2n1. The predicted molar refractivity (Wildman–Crippen MR) is 60.9 cm³/mol. The molecular formula is C9H10ClN5O2. The van der Waals surface area contributed by atoms with Gasteiger partial charge in [0.05, 0.1) is 6.54 Å². The van der Waals surface area contributed by atoms with Crippen LogP contribution in [0.4, 0.5) is 0 Å². The number of rotatable bonds is 3. The van der Waals surface area contributed by atoms with E-state index >= 15 is 0 Å². The molecule has 2 N–H and O–H groups in total. The fourth-order valence-electron chi connectivity index (χ4n) is 1.35. The summed E-state index contributed by atoms with van der Waals surface area (Å²) < 4.78 is 1.22. The van der Waals surface area contributed by atoms with Crippen LogP contribution in [0.2, 0.25) is 0 Å². The zero-order chi connectivity index (χ0) is 12.4. The van der Waals surface area contributed by atoms with E-state index in [-0.39, 0.29) is 29.7 Å². The lowest BCUT2D eigenvalue weighted by Gasteiger charge is -1.97. The Hall–Kier alpha value is -1.89. The largest absolute Gasteiger partial charge is 0.348 e. The van der Waals surface area contributed by atoms with E-state index in [1.54, 1.807) is 6.92 Å². The van der Waals surface area contributed by atoms with Crippen LogP contribution < -0.4 is 10.9 Å². The van der Waals surface area contributed by atoms with Gasteiger partial charge < -0.3 is 5.32 Å². The van der Waals surface area contributed by atoms with Crippen molar-refractivity contribution in [2.24, 2.45) is 0 Å². The molecule has 0 unspecified atom stereocenters. The third kappa shape index (κ3) is 2.44. The number of H-pyrrole nitrogens is 1. The normalized spacial score (nSPS) is 10.7. The molecule has 2 rings (SSSR count). The summed E-state index contributed by atoms with van der Waals surface area (Å²) in [7, 11) is 0. The monoisotopic (exact) mass is 255 g/mol. The first-order chi connectivity index (χ1) is 8.10. The Morgan fingerprint density at radius 2 is 2.35 bits per heavy atom. The molecule has 0 saturated carbocycles. The van der Waals surface area contributed by atoms with Crippen LogP contribution in [0, 0.1) is 6.92 Å². The van der Waals surface area contributed by atoms with Crippen molar-refractivity contribution in [3.8, 4) is 0 Å². The zero-order valence-corrected chi connectivity index (χ0v) is 9.78. The third-order valence-corrected chi connectivity index (χ3v) is 2.32. The molecule has 0 saturated heterocycles. The van der Waals surface area contributed by atoms with Crippen molar-refractivity contribution in [2.45, 2.75) is 13.5 Å². The smallest absolute Gasteiger partial charge is 0.274 e. The number of aromatic amines is 1. The summed E-state index contributed by atoms with van der Waals surface area (Å²) >= 11 is 5.33. The number of carbonyl (C=O) groups is 1. The molecule has 2 aromatic rings. The van der Waals surface area contributed by atoms with E-state index < -0.39 is 0 Å². The number of fused-ring (bicyclic) bond motifs is 1. The lowest BCUT2D eigenvalue weighted by Crippen LogP contribution is -2.24. The van der Waals surface area contributed by atoms with Crippen molar-refractivity contribution in [1.82, 2.24) is 24.9 Å². The number of hydrogen-bond donors (Lipinski definition) is 2. The minimum atomic E-state index is -0.302. The molecular weight excluding hydrogens is 246 g/mol. The summed E-state index contributed by atoms with van der Waals surface area (Å²) in [5.41, 5.74) is 0.354. The van der Waals surface area contributed by atoms with E-state index in [1.807, 2.05) is 0 Å².